The Labute approximate surface area is 134 Å². The summed E-state index contributed by atoms with van der Waals surface area (Å²) in [4.78, 5) is 13.3. The molecule has 2 fully saturated rings. The van der Waals surface area contributed by atoms with Crippen LogP contribution in [0.25, 0.3) is 0 Å². The van der Waals surface area contributed by atoms with Gasteiger partial charge in [-0.1, -0.05) is 72.0 Å². The van der Waals surface area contributed by atoms with Crippen LogP contribution in [0.3, 0.4) is 0 Å². The summed E-state index contributed by atoms with van der Waals surface area (Å²) >= 11 is 5.33. The molecule has 0 radical (unpaired) electrons. The standard InChI is InChI=1S/C17H30N2OS/c1-15(2)12(16(15,3)4)13(20)19-17(14(18)21)10-8-6-5-7-9-11-17/h12H,5-11H2,1-4H3,(H2,18,21)(H,19,20). The first-order chi connectivity index (χ1) is 9.65. The summed E-state index contributed by atoms with van der Waals surface area (Å²) in [6.45, 7) is 8.68. The molecule has 2 aliphatic carbocycles. The van der Waals surface area contributed by atoms with E-state index >= 15 is 0 Å². The number of carbonyl (C=O) groups excluding carboxylic acids is 1. The Morgan fingerprint density at radius 1 is 1.00 bits per heavy atom. The van der Waals surface area contributed by atoms with Crippen LogP contribution in [0.1, 0.15) is 72.6 Å². The summed E-state index contributed by atoms with van der Waals surface area (Å²) in [6, 6.07) is 0. The van der Waals surface area contributed by atoms with Crippen molar-refractivity contribution in [3.63, 3.8) is 0 Å². The maximum Gasteiger partial charge on any atom is 0.225 e. The largest absolute Gasteiger partial charge is 0.391 e. The van der Waals surface area contributed by atoms with E-state index in [1.54, 1.807) is 0 Å². The lowest BCUT2D eigenvalue weighted by molar-refractivity contribution is -0.124. The Balaban J connectivity index is 2.13. The van der Waals surface area contributed by atoms with Crippen molar-refractivity contribution in [2.75, 3.05) is 0 Å². The molecule has 1 amide bonds. The molecule has 3 nitrogen and oxygen atoms in total. The first-order valence-corrected chi connectivity index (χ1v) is 8.68. The van der Waals surface area contributed by atoms with Crippen molar-refractivity contribution in [3.8, 4) is 0 Å². The molecule has 4 heteroatoms. The topological polar surface area (TPSA) is 55.1 Å². The Bertz CT molecular complexity index is 420. The van der Waals surface area contributed by atoms with Crippen LogP contribution in [0.4, 0.5) is 0 Å². The Kier molecular flexibility index (Phi) is 4.40. The van der Waals surface area contributed by atoms with Crippen LogP contribution in [-0.2, 0) is 4.79 Å². The highest BCUT2D eigenvalue weighted by molar-refractivity contribution is 7.80. The number of hydrogen-bond donors (Lipinski definition) is 2. The molecule has 0 heterocycles. The third-order valence-electron chi connectivity index (χ3n) is 6.32. The molecule has 120 valence electrons. The minimum Gasteiger partial charge on any atom is -0.391 e. The molecule has 21 heavy (non-hydrogen) atoms. The number of hydrogen-bond acceptors (Lipinski definition) is 2. The van der Waals surface area contributed by atoms with Gasteiger partial charge in [-0.05, 0) is 23.7 Å². The fourth-order valence-electron chi connectivity index (χ4n) is 4.10. The van der Waals surface area contributed by atoms with E-state index in [9.17, 15) is 4.79 Å². The third kappa shape index (κ3) is 2.84. The smallest absolute Gasteiger partial charge is 0.225 e. The van der Waals surface area contributed by atoms with Crippen molar-refractivity contribution in [3.05, 3.63) is 0 Å². The van der Waals surface area contributed by atoms with Crippen LogP contribution >= 0.6 is 12.2 Å². The van der Waals surface area contributed by atoms with Crippen LogP contribution < -0.4 is 11.1 Å². The monoisotopic (exact) mass is 310 g/mol. The van der Waals surface area contributed by atoms with Gasteiger partial charge in [0.15, 0.2) is 0 Å². The minimum absolute atomic E-state index is 0.0517. The highest BCUT2D eigenvalue weighted by Crippen LogP contribution is 2.68. The van der Waals surface area contributed by atoms with Crippen LogP contribution in [0.2, 0.25) is 0 Å². The minimum atomic E-state index is -0.457. The SMILES string of the molecule is CC1(C)C(C(=O)NC2(C(N)=S)CCCCCCC2)C1(C)C. The normalized spacial score (nSPS) is 27.2. The molecule has 0 aliphatic heterocycles. The summed E-state index contributed by atoms with van der Waals surface area (Å²) in [5, 5.41) is 3.27. The summed E-state index contributed by atoms with van der Waals surface area (Å²) in [6.07, 6.45) is 7.67. The second-order valence-electron chi connectivity index (χ2n) is 8.08. The van der Waals surface area contributed by atoms with E-state index in [4.69, 9.17) is 18.0 Å². The van der Waals surface area contributed by atoms with Crippen LogP contribution in [0.15, 0.2) is 0 Å². The average molecular weight is 311 g/mol. The molecule has 2 rings (SSSR count). The number of nitrogens with two attached hydrogens (primary N) is 1. The molecule has 0 atom stereocenters. The average Bonchev–Trinajstić information content (AvgIpc) is 2.72. The second kappa shape index (κ2) is 5.53. The summed E-state index contributed by atoms with van der Waals surface area (Å²) in [5.41, 5.74) is 5.69. The summed E-state index contributed by atoms with van der Waals surface area (Å²) in [7, 11) is 0. The molecule has 2 aliphatic rings. The molecular weight excluding hydrogens is 280 g/mol. The number of carbonyl (C=O) groups is 1. The van der Waals surface area contributed by atoms with Gasteiger partial charge in [-0.25, -0.2) is 0 Å². The zero-order chi connectivity index (χ0) is 15.9. The molecular formula is C17H30N2OS. The zero-order valence-corrected chi connectivity index (χ0v) is 14.7. The second-order valence-corrected chi connectivity index (χ2v) is 8.52. The predicted octanol–water partition coefficient (Wildman–Crippen LogP) is 3.55. The highest BCUT2D eigenvalue weighted by Gasteiger charge is 2.68. The van der Waals surface area contributed by atoms with Crippen LogP contribution in [-0.4, -0.2) is 16.4 Å². The van der Waals surface area contributed by atoms with Crippen molar-refractivity contribution in [2.24, 2.45) is 22.5 Å². The third-order valence-corrected chi connectivity index (χ3v) is 6.71. The van der Waals surface area contributed by atoms with E-state index in [2.05, 4.69) is 33.0 Å². The highest BCUT2D eigenvalue weighted by atomic mass is 32.1. The molecule has 0 bridgehead atoms. The van der Waals surface area contributed by atoms with E-state index in [0.717, 1.165) is 25.7 Å². The van der Waals surface area contributed by atoms with Crippen LogP contribution in [0.5, 0.6) is 0 Å². The van der Waals surface area contributed by atoms with Gasteiger partial charge in [-0.3, -0.25) is 4.79 Å². The Hall–Kier alpha value is -0.640. The van der Waals surface area contributed by atoms with Crippen LogP contribution in [0, 0.1) is 16.7 Å². The lowest BCUT2D eigenvalue weighted by atomic mass is 9.83. The molecule has 0 spiro atoms. The van der Waals surface area contributed by atoms with Gasteiger partial charge >= 0.3 is 0 Å². The number of thiocarbonyl (C=S) groups is 1. The van der Waals surface area contributed by atoms with Crippen molar-refractivity contribution in [2.45, 2.75) is 78.2 Å². The van der Waals surface area contributed by atoms with E-state index in [1.165, 1.54) is 19.3 Å². The van der Waals surface area contributed by atoms with E-state index in [-0.39, 0.29) is 22.7 Å². The maximum absolute atomic E-state index is 12.8. The van der Waals surface area contributed by atoms with Gasteiger partial charge < -0.3 is 11.1 Å². The van der Waals surface area contributed by atoms with Gasteiger partial charge in [0.2, 0.25) is 5.91 Å². The van der Waals surface area contributed by atoms with Crippen molar-refractivity contribution in [1.29, 1.82) is 0 Å². The first-order valence-electron chi connectivity index (χ1n) is 8.27. The fraction of sp³-hybridized carbons (Fsp3) is 0.882. The molecule has 0 unspecified atom stereocenters. The molecule has 3 N–H and O–H groups in total. The lowest BCUT2D eigenvalue weighted by Gasteiger charge is -2.36. The summed E-state index contributed by atoms with van der Waals surface area (Å²) in [5.74, 6) is 0.194. The summed E-state index contributed by atoms with van der Waals surface area (Å²) < 4.78 is 0. The number of rotatable bonds is 3. The fourth-order valence-corrected chi connectivity index (χ4v) is 4.36. The molecule has 0 saturated heterocycles. The van der Waals surface area contributed by atoms with Gasteiger partial charge in [0.25, 0.3) is 0 Å². The van der Waals surface area contributed by atoms with E-state index < -0.39 is 5.54 Å². The van der Waals surface area contributed by atoms with Gasteiger partial charge in [0.1, 0.15) is 0 Å². The Morgan fingerprint density at radius 3 is 1.81 bits per heavy atom. The molecule has 0 aromatic rings. The Morgan fingerprint density at radius 2 is 1.43 bits per heavy atom. The quantitative estimate of drug-likeness (QED) is 0.784. The van der Waals surface area contributed by atoms with Gasteiger partial charge in [0.05, 0.1) is 10.5 Å². The van der Waals surface area contributed by atoms with Gasteiger partial charge in [-0.15, -0.1) is 0 Å². The first kappa shape index (κ1) is 16.7. The zero-order valence-electron chi connectivity index (χ0n) is 13.9. The number of amides is 1. The van der Waals surface area contributed by atoms with E-state index in [1.807, 2.05) is 0 Å². The van der Waals surface area contributed by atoms with Crippen molar-refractivity contribution in [1.82, 2.24) is 5.32 Å². The van der Waals surface area contributed by atoms with Gasteiger partial charge in [0, 0.05) is 5.92 Å². The van der Waals surface area contributed by atoms with Gasteiger partial charge in [-0.2, -0.15) is 0 Å². The number of nitrogens with one attached hydrogen (secondary N) is 1. The molecule has 0 aromatic carbocycles. The lowest BCUT2D eigenvalue weighted by Crippen LogP contribution is -2.57. The van der Waals surface area contributed by atoms with Crippen molar-refractivity contribution >= 4 is 23.1 Å². The van der Waals surface area contributed by atoms with Crippen molar-refractivity contribution < 1.29 is 4.79 Å². The van der Waals surface area contributed by atoms with E-state index in [0.29, 0.717) is 4.99 Å². The maximum atomic E-state index is 12.8. The molecule has 2 saturated carbocycles. The predicted molar refractivity (Wildman–Crippen MR) is 91.0 cm³/mol. The molecule has 0 aromatic heterocycles.